The molecule has 0 aromatic heterocycles. The highest BCUT2D eigenvalue weighted by atomic mass is 127. The SMILES string of the molecule is CC(=O)N[C@H](Cc1cccc(F)c1)C(=O)N[C@H](Cc1ccc(I)cc1)C(=O)O. The maximum atomic E-state index is 13.4. The summed E-state index contributed by atoms with van der Waals surface area (Å²) in [5.74, 6) is -2.72. The number of carboxylic acid groups (broad SMARTS) is 1. The van der Waals surface area contributed by atoms with E-state index in [2.05, 4.69) is 33.2 Å². The number of carbonyl (C=O) groups is 3. The van der Waals surface area contributed by atoms with Crippen LogP contribution in [0.2, 0.25) is 0 Å². The molecule has 0 aliphatic heterocycles. The summed E-state index contributed by atoms with van der Waals surface area (Å²) >= 11 is 2.14. The summed E-state index contributed by atoms with van der Waals surface area (Å²) in [6.07, 6.45) is 0.143. The minimum Gasteiger partial charge on any atom is -0.480 e. The number of carbonyl (C=O) groups excluding carboxylic acids is 2. The van der Waals surface area contributed by atoms with E-state index in [0.717, 1.165) is 9.13 Å². The summed E-state index contributed by atoms with van der Waals surface area (Å²) in [6, 6.07) is 10.8. The first-order chi connectivity index (χ1) is 13.2. The van der Waals surface area contributed by atoms with Crippen LogP contribution in [-0.2, 0) is 27.2 Å². The summed E-state index contributed by atoms with van der Waals surface area (Å²) in [7, 11) is 0. The Morgan fingerprint density at radius 3 is 2.21 bits per heavy atom. The fraction of sp³-hybridized carbons (Fsp3) is 0.250. The highest BCUT2D eigenvalue weighted by Gasteiger charge is 2.26. The second kappa shape index (κ2) is 10.2. The Labute approximate surface area is 175 Å². The van der Waals surface area contributed by atoms with Crippen LogP contribution in [0.5, 0.6) is 0 Å². The van der Waals surface area contributed by atoms with Gasteiger partial charge in [0.15, 0.2) is 0 Å². The number of hydrogen-bond donors (Lipinski definition) is 3. The van der Waals surface area contributed by atoms with Gasteiger partial charge in [-0.05, 0) is 58.0 Å². The van der Waals surface area contributed by atoms with E-state index >= 15 is 0 Å². The average Bonchev–Trinajstić information content (AvgIpc) is 2.62. The van der Waals surface area contributed by atoms with Gasteiger partial charge >= 0.3 is 5.97 Å². The lowest BCUT2D eigenvalue weighted by atomic mass is 10.0. The molecule has 2 rings (SSSR count). The first-order valence-corrected chi connectivity index (χ1v) is 9.61. The first kappa shape index (κ1) is 21.8. The second-order valence-electron chi connectivity index (χ2n) is 6.32. The van der Waals surface area contributed by atoms with Crippen LogP contribution < -0.4 is 10.6 Å². The van der Waals surface area contributed by atoms with Crippen LogP contribution in [0, 0.1) is 9.39 Å². The summed E-state index contributed by atoms with van der Waals surface area (Å²) in [4.78, 5) is 35.7. The van der Waals surface area contributed by atoms with Gasteiger partial charge in [-0.2, -0.15) is 0 Å². The minimum absolute atomic E-state index is 0.0407. The van der Waals surface area contributed by atoms with E-state index in [9.17, 15) is 23.9 Å². The lowest BCUT2D eigenvalue weighted by molar-refractivity contribution is -0.142. The van der Waals surface area contributed by atoms with Crippen molar-refractivity contribution in [2.24, 2.45) is 0 Å². The third-order valence-electron chi connectivity index (χ3n) is 3.99. The monoisotopic (exact) mass is 498 g/mol. The molecule has 0 unspecified atom stereocenters. The van der Waals surface area contributed by atoms with Gasteiger partial charge in [0.05, 0.1) is 0 Å². The van der Waals surface area contributed by atoms with Gasteiger partial charge < -0.3 is 15.7 Å². The Morgan fingerprint density at radius 1 is 1.00 bits per heavy atom. The fourth-order valence-corrected chi connectivity index (χ4v) is 3.04. The first-order valence-electron chi connectivity index (χ1n) is 8.53. The zero-order valence-electron chi connectivity index (χ0n) is 15.1. The average molecular weight is 498 g/mol. The van der Waals surface area contributed by atoms with Crippen LogP contribution >= 0.6 is 22.6 Å². The number of aliphatic carboxylic acids is 1. The number of benzene rings is 2. The van der Waals surface area contributed by atoms with Gasteiger partial charge in [-0.25, -0.2) is 9.18 Å². The van der Waals surface area contributed by atoms with Gasteiger partial charge in [-0.3, -0.25) is 9.59 Å². The Morgan fingerprint density at radius 2 is 1.64 bits per heavy atom. The Bertz CT molecular complexity index is 858. The number of amides is 2. The maximum absolute atomic E-state index is 13.4. The Balaban J connectivity index is 2.12. The number of rotatable bonds is 8. The standard InChI is InChI=1S/C20H20FIN2O4/c1-12(25)23-17(11-14-3-2-4-15(21)9-14)19(26)24-18(20(27)28)10-13-5-7-16(22)8-6-13/h2-9,17-18H,10-11H2,1H3,(H,23,25)(H,24,26)(H,27,28)/t17-,18-/m1/s1. The fourth-order valence-electron chi connectivity index (χ4n) is 2.68. The minimum atomic E-state index is -1.18. The number of carboxylic acids is 1. The molecule has 0 radical (unpaired) electrons. The zero-order chi connectivity index (χ0) is 20.7. The van der Waals surface area contributed by atoms with Gasteiger partial charge in [0.2, 0.25) is 11.8 Å². The molecule has 28 heavy (non-hydrogen) atoms. The van der Waals surface area contributed by atoms with E-state index in [1.807, 2.05) is 12.1 Å². The van der Waals surface area contributed by atoms with Crippen molar-refractivity contribution in [3.05, 3.63) is 69.0 Å². The Hall–Kier alpha value is -2.49. The highest BCUT2D eigenvalue weighted by Crippen LogP contribution is 2.10. The molecule has 8 heteroatoms. The predicted molar refractivity (Wildman–Crippen MR) is 110 cm³/mol. The molecule has 0 aliphatic carbocycles. The second-order valence-corrected chi connectivity index (χ2v) is 7.56. The van der Waals surface area contributed by atoms with Gasteiger partial charge in [0.25, 0.3) is 0 Å². The molecule has 2 aromatic carbocycles. The van der Waals surface area contributed by atoms with Crippen molar-refractivity contribution >= 4 is 40.4 Å². The number of hydrogen-bond acceptors (Lipinski definition) is 3. The molecule has 0 aliphatic rings. The molecule has 0 saturated carbocycles. The third-order valence-corrected chi connectivity index (χ3v) is 4.71. The highest BCUT2D eigenvalue weighted by molar-refractivity contribution is 14.1. The summed E-state index contributed by atoms with van der Waals surface area (Å²) in [6.45, 7) is 1.26. The molecular formula is C20H20FIN2O4. The predicted octanol–water partition coefficient (Wildman–Crippen LogP) is 2.29. The molecule has 6 nitrogen and oxygen atoms in total. The smallest absolute Gasteiger partial charge is 0.326 e. The molecule has 0 saturated heterocycles. The summed E-state index contributed by atoms with van der Waals surface area (Å²) in [5.41, 5.74) is 1.27. The van der Waals surface area contributed by atoms with Gasteiger partial charge in [0.1, 0.15) is 17.9 Å². The van der Waals surface area contributed by atoms with E-state index in [-0.39, 0.29) is 12.8 Å². The van der Waals surface area contributed by atoms with Gasteiger partial charge in [-0.1, -0.05) is 24.3 Å². The number of halogens is 2. The van der Waals surface area contributed by atoms with E-state index < -0.39 is 35.7 Å². The van der Waals surface area contributed by atoms with Crippen molar-refractivity contribution in [1.82, 2.24) is 10.6 Å². The van der Waals surface area contributed by atoms with Gasteiger partial charge in [0, 0.05) is 23.3 Å². The van der Waals surface area contributed by atoms with Crippen LogP contribution in [0.15, 0.2) is 48.5 Å². The molecule has 0 spiro atoms. The molecule has 0 heterocycles. The largest absolute Gasteiger partial charge is 0.480 e. The molecule has 2 amide bonds. The van der Waals surface area contributed by atoms with Crippen LogP contribution in [0.3, 0.4) is 0 Å². The molecule has 2 atom stereocenters. The van der Waals surface area contributed by atoms with E-state index in [0.29, 0.717) is 5.56 Å². The molecular weight excluding hydrogens is 478 g/mol. The van der Waals surface area contributed by atoms with E-state index in [4.69, 9.17) is 0 Å². The quantitative estimate of drug-likeness (QED) is 0.487. The summed E-state index contributed by atoms with van der Waals surface area (Å²) in [5, 5.41) is 14.4. The molecule has 0 fully saturated rings. The normalized spacial score (nSPS) is 12.7. The van der Waals surface area contributed by atoms with Crippen molar-refractivity contribution in [3.63, 3.8) is 0 Å². The van der Waals surface area contributed by atoms with Crippen LogP contribution in [-0.4, -0.2) is 35.0 Å². The van der Waals surface area contributed by atoms with Crippen LogP contribution in [0.1, 0.15) is 18.1 Å². The third kappa shape index (κ3) is 6.91. The Kier molecular flexibility index (Phi) is 7.91. The molecule has 148 valence electrons. The molecule has 2 aromatic rings. The number of nitrogens with one attached hydrogen (secondary N) is 2. The maximum Gasteiger partial charge on any atom is 0.326 e. The van der Waals surface area contributed by atoms with Crippen molar-refractivity contribution in [3.8, 4) is 0 Å². The van der Waals surface area contributed by atoms with Crippen molar-refractivity contribution in [2.75, 3.05) is 0 Å². The topological polar surface area (TPSA) is 95.5 Å². The van der Waals surface area contributed by atoms with E-state index in [1.54, 1.807) is 18.2 Å². The van der Waals surface area contributed by atoms with Crippen LogP contribution in [0.25, 0.3) is 0 Å². The van der Waals surface area contributed by atoms with Crippen molar-refractivity contribution in [2.45, 2.75) is 31.8 Å². The molecule has 3 N–H and O–H groups in total. The van der Waals surface area contributed by atoms with Gasteiger partial charge in [-0.15, -0.1) is 0 Å². The summed E-state index contributed by atoms with van der Waals surface area (Å²) < 4.78 is 14.4. The zero-order valence-corrected chi connectivity index (χ0v) is 17.3. The lowest BCUT2D eigenvalue weighted by Crippen LogP contribution is -2.52. The van der Waals surface area contributed by atoms with Crippen molar-refractivity contribution < 1.29 is 23.9 Å². The molecule has 0 bridgehead atoms. The van der Waals surface area contributed by atoms with Crippen molar-refractivity contribution in [1.29, 1.82) is 0 Å². The van der Waals surface area contributed by atoms with E-state index in [1.165, 1.54) is 25.1 Å². The lowest BCUT2D eigenvalue weighted by Gasteiger charge is -2.21. The van der Waals surface area contributed by atoms with Crippen LogP contribution in [0.4, 0.5) is 4.39 Å².